The van der Waals surface area contributed by atoms with E-state index in [9.17, 15) is 4.79 Å². The molecule has 1 amide bonds. The van der Waals surface area contributed by atoms with Gasteiger partial charge in [-0.2, -0.15) is 0 Å². The summed E-state index contributed by atoms with van der Waals surface area (Å²) in [6, 6.07) is 8.46. The van der Waals surface area contributed by atoms with Crippen molar-refractivity contribution in [3.8, 4) is 5.75 Å². The highest BCUT2D eigenvalue weighted by atomic mass is 79.9. The van der Waals surface area contributed by atoms with Crippen LogP contribution in [0.4, 0.5) is 4.79 Å². The summed E-state index contributed by atoms with van der Waals surface area (Å²) < 4.78 is 12.3. The van der Waals surface area contributed by atoms with Gasteiger partial charge in [0.05, 0.1) is 6.61 Å². The van der Waals surface area contributed by atoms with E-state index in [0.29, 0.717) is 12.0 Å². The number of hydrogen-bond acceptors (Lipinski definition) is 4. The van der Waals surface area contributed by atoms with E-state index in [4.69, 9.17) is 15.2 Å². The Hall–Kier alpha value is -1.27. The second-order valence-electron chi connectivity index (χ2n) is 6.97. The van der Waals surface area contributed by atoms with Crippen LogP contribution in [0.2, 0.25) is 0 Å². The van der Waals surface area contributed by atoms with Gasteiger partial charge in [-0.05, 0) is 49.9 Å². The maximum atomic E-state index is 11.2. The molecule has 6 heteroatoms. The van der Waals surface area contributed by atoms with Crippen LogP contribution in [0.1, 0.15) is 38.5 Å². The van der Waals surface area contributed by atoms with Gasteiger partial charge in [0.1, 0.15) is 11.9 Å². The molecule has 1 aliphatic heterocycles. The lowest BCUT2D eigenvalue weighted by atomic mass is 9.76. The number of fused-ring (bicyclic) bond motifs is 1. The monoisotopic (exact) mass is 410 g/mol. The molecule has 1 aliphatic carbocycles. The van der Waals surface area contributed by atoms with Crippen molar-refractivity contribution in [3.05, 3.63) is 28.7 Å². The number of nitrogens with zero attached hydrogens (tertiary/aromatic N) is 1. The number of carbonyl (C=O) groups is 1. The van der Waals surface area contributed by atoms with E-state index in [2.05, 4.69) is 20.8 Å². The lowest BCUT2D eigenvalue weighted by Crippen LogP contribution is -2.54. The Labute approximate surface area is 158 Å². The van der Waals surface area contributed by atoms with Gasteiger partial charge in [-0.25, -0.2) is 4.79 Å². The Morgan fingerprint density at radius 3 is 2.72 bits per heavy atom. The SMILES string of the molecule is NC(=O)OC1CCN(CCCOc2ccc(Br)cc2)C2CCCCC12. The Bertz CT molecular complexity index is 566. The molecule has 0 bridgehead atoms. The van der Waals surface area contributed by atoms with Crippen LogP contribution < -0.4 is 10.5 Å². The summed E-state index contributed by atoms with van der Waals surface area (Å²) in [5.41, 5.74) is 5.25. The Balaban J connectivity index is 1.47. The van der Waals surface area contributed by atoms with Gasteiger partial charge in [-0.15, -0.1) is 0 Å². The molecule has 1 aromatic carbocycles. The number of rotatable bonds is 6. The van der Waals surface area contributed by atoms with Crippen LogP contribution in [0.5, 0.6) is 5.75 Å². The first kappa shape index (κ1) is 18.5. The van der Waals surface area contributed by atoms with Gasteiger partial charge in [-0.1, -0.05) is 28.8 Å². The van der Waals surface area contributed by atoms with Gasteiger partial charge in [0, 0.05) is 29.5 Å². The zero-order valence-electron chi connectivity index (χ0n) is 14.5. The minimum absolute atomic E-state index is 0.00179. The van der Waals surface area contributed by atoms with E-state index in [1.807, 2.05) is 24.3 Å². The summed E-state index contributed by atoms with van der Waals surface area (Å²) in [5.74, 6) is 1.34. The summed E-state index contributed by atoms with van der Waals surface area (Å²) in [6.45, 7) is 2.72. The first-order valence-electron chi connectivity index (χ1n) is 9.22. The van der Waals surface area contributed by atoms with Crippen LogP contribution in [-0.4, -0.2) is 42.8 Å². The van der Waals surface area contributed by atoms with Crippen molar-refractivity contribution in [1.29, 1.82) is 0 Å². The number of nitrogens with two attached hydrogens (primary N) is 1. The molecule has 1 saturated heterocycles. The average Bonchev–Trinajstić information content (AvgIpc) is 2.61. The molecule has 2 fully saturated rings. The molecule has 5 nitrogen and oxygen atoms in total. The third kappa shape index (κ3) is 5.11. The third-order valence-corrected chi connectivity index (χ3v) is 5.90. The quantitative estimate of drug-likeness (QED) is 0.721. The first-order chi connectivity index (χ1) is 12.1. The van der Waals surface area contributed by atoms with Gasteiger partial charge in [0.15, 0.2) is 0 Å². The lowest BCUT2D eigenvalue weighted by molar-refractivity contribution is -0.0423. The molecule has 138 valence electrons. The Morgan fingerprint density at radius 1 is 1.20 bits per heavy atom. The van der Waals surface area contributed by atoms with Crippen LogP contribution >= 0.6 is 15.9 Å². The highest BCUT2D eigenvalue weighted by Gasteiger charge is 2.40. The van der Waals surface area contributed by atoms with Crippen LogP contribution in [0.15, 0.2) is 28.7 Å². The second kappa shape index (κ2) is 8.90. The van der Waals surface area contributed by atoms with Crippen molar-refractivity contribution in [3.63, 3.8) is 0 Å². The molecule has 1 heterocycles. The van der Waals surface area contributed by atoms with Crippen LogP contribution in [-0.2, 0) is 4.74 Å². The molecule has 3 rings (SSSR count). The molecule has 1 saturated carbocycles. The number of ether oxygens (including phenoxy) is 2. The highest BCUT2D eigenvalue weighted by Crippen LogP contribution is 2.37. The van der Waals surface area contributed by atoms with Crippen molar-refractivity contribution < 1.29 is 14.3 Å². The number of hydrogen-bond donors (Lipinski definition) is 1. The van der Waals surface area contributed by atoms with E-state index >= 15 is 0 Å². The standard InChI is InChI=1S/C19H27BrN2O3/c20-14-6-8-15(9-7-14)24-13-3-11-22-12-10-18(25-19(21)23)16-4-1-2-5-17(16)22/h6-9,16-18H,1-5,10-13H2,(H2,21,23). The minimum Gasteiger partial charge on any atom is -0.494 e. The summed E-state index contributed by atoms with van der Waals surface area (Å²) >= 11 is 3.43. The van der Waals surface area contributed by atoms with Gasteiger partial charge in [0.25, 0.3) is 0 Å². The zero-order chi connectivity index (χ0) is 17.6. The fourth-order valence-electron chi connectivity index (χ4n) is 4.26. The fraction of sp³-hybridized carbons (Fsp3) is 0.632. The predicted molar refractivity (Wildman–Crippen MR) is 101 cm³/mol. The normalized spacial score (nSPS) is 26.7. The number of carbonyl (C=O) groups excluding carboxylic acids is 1. The minimum atomic E-state index is -0.634. The first-order valence-corrected chi connectivity index (χ1v) is 10.0. The smallest absolute Gasteiger partial charge is 0.404 e. The van der Waals surface area contributed by atoms with Crippen molar-refractivity contribution in [1.82, 2.24) is 4.90 Å². The maximum absolute atomic E-state index is 11.2. The predicted octanol–water partition coefficient (Wildman–Crippen LogP) is 3.95. The van der Waals surface area contributed by atoms with Crippen molar-refractivity contribution in [2.45, 2.75) is 50.7 Å². The molecule has 3 atom stereocenters. The lowest BCUT2D eigenvalue weighted by Gasteiger charge is -2.47. The summed E-state index contributed by atoms with van der Waals surface area (Å²) in [5, 5.41) is 0. The number of benzene rings is 1. The van der Waals surface area contributed by atoms with E-state index in [1.54, 1.807) is 0 Å². The van der Waals surface area contributed by atoms with Crippen LogP contribution in [0, 0.1) is 5.92 Å². The number of primary amides is 1. The molecule has 0 radical (unpaired) electrons. The number of halogens is 1. The number of amides is 1. The molecule has 2 N–H and O–H groups in total. The topological polar surface area (TPSA) is 64.8 Å². The molecule has 3 unspecified atom stereocenters. The van der Waals surface area contributed by atoms with E-state index < -0.39 is 6.09 Å². The van der Waals surface area contributed by atoms with Crippen molar-refractivity contribution in [2.24, 2.45) is 11.7 Å². The van der Waals surface area contributed by atoms with Crippen LogP contribution in [0.25, 0.3) is 0 Å². The molecule has 2 aliphatic rings. The summed E-state index contributed by atoms with van der Waals surface area (Å²) in [4.78, 5) is 13.7. The molecule has 0 aromatic heterocycles. The highest BCUT2D eigenvalue weighted by molar-refractivity contribution is 9.10. The molecular weight excluding hydrogens is 384 g/mol. The van der Waals surface area contributed by atoms with E-state index in [0.717, 1.165) is 49.2 Å². The summed E-state index contributed by atoms with van der Waals surface area (Å²) in [7, 11) is 0. The second-order valence-corrected chi connectivity index (χ2v) is 7.89. The van der Waals surface area contributed by atoms with Crippen molar-refractivity contribution in [2.75, 3.05) is 19.7 Å². The third-order valence-electron chi connectivity index (χ3n) is 5.37. The maximum Gasteiger partial charge on any atom is 0.404 e. The van der Waals surface area contributed by atoms with Crippen LogP contribution in [0.3, 0.4) is 0 Å². The summed E-state index contributed by atoms with van der Waals surface area (Å²) in [6.07, 6.45) is 6.06. The Kier molecular flexibility index (Phi) is 6.59. The molecule has 0 spiro atoms. The van der Waals surface area contributed by atoms with Gasteiger partial charge in [0.2, 0.25) is 0 Å². The van der Waals surface area contributed by atoms with Gasteiger partial charge in [-0.3, -0.25) is 4.90 Å². The van der Waals surface area contributed by atoms with Gasteiger partial charge < -0.3 is 15.2 Å². The molecule has 25 heavy (non-hydrogen) atoms. The van der Waals surface area contributed by atoms with Gasteiger partial charge >= 0.3 is 6.09 Å². The number of piperidine rings is 1. The van der Waals surface area contributed by atoms with Crippen molar-refractivity contribution >= 4 is 22.0 Å². The zero-order valence-corrected chi connectivity index (χ0v) is 16.1. The molecular formula is C19H27BrN2O3. The van der Waals surface area contributed by atoms with E-state index in [1.165, 1.54) is 19.3 Å². The van der Waals surface area contributed by atoms with E-state index in [-0.39, 0.29) is 6.10 Å². The molecule has 1 aromatic rings. The number of likely N-dealkylation sites (tertiary alicyclic amines) is 1. The Morgan fingerprint density at radius 2 is 1.96 bits per heavy atom. The largest absolute Gasteiger partial charge is 0.494 e. The fourth-order valence-corrected chi connectivity index (χ4v) is 4.53. The average molecular weight is 411 g/mol.